The molecular weight excluding hydrogens is 506 g/mol. The summed E-state index contributed by atoms with van der Waals surface area (Å²) in [6, 6.07) is 25.0. The molecule has 0 N–H and O–H groups in total. The average molecular weight is 540 g/mol. The SMILES string of the molecule is Cc1cc(C(=O)N2CCN(CC3(c4ccccc4)CC3)CC2)ccc1CS(=O)(=O)c1cccc2cccnc12. The van der Waals surface area contributed by atoms with Gasteiger partial charge in [0.15, 0.2) is 9.84 Å². The van der Waals surface area contributed by atoms with Crippen LogP contribution in [0.1, 0.15) is 39.9 Å². The van der Waals surface area contributed by atoms with Crippen molar-refractivity contribution in [2.45, 2.75) is 35.8 Å². The summed E-state index contributed by atoms with van der Waals surface area (Å²) in [7, 11) is -3.62. The number of para-hydroxylation sites is 1. The monoisotopic (exact) mass is 539 g/mol. The van der Waals surface area contributed by atoms with Crippen LogP contribution >= 0.6 is 0 Å². The number of rotatable bonds is 7. The molecule has 4 aromatic rings. The number of hydrogen-bond donors (Lipinski definition) is 0. The highest BCUT2D eigenvalue weighted by atomic mass is 32.2. The number of carbonyl (C=O) groups excluding carboxylic acids is 1. The molecule has 39 heavy (non-hydrogen) atoms. The molecule has 1 amide bonds. The molecule has 1 aromatic heterocycles. The Labute approximate surface area is 230 Å². The van der Waals surface area contributed by atoms with E-state index in [4.69, 9.17) is 0 Å². The topological polar surface area (TPSA) is 70.6 Å². The first-order valence-corrected chi connectivity index (χ1v) is 15.2. The van der Waals surface area contributed by atoms with E-state index in [1.807, 2.05) is 30.0 Å². The molecule has 0 unspecified atom stereocenters. The first-order chi connectivity index (χ1) is 18.8. The minimum atomic E-state index is -3.62. The lowest BCUT2D eigenvalue weighted by molar-refractivity contribution is 0.0625. The lowest BCUT2D eigenvalue weighted by Gasteiger charge is -2.37. The Morgan fingerprint density at radius 2 is 1.64 bits per heavy atom. The summed E-state index contributed by atoms with van der Waals surface area (Å²) < 4.78 is 26.7. The molecule has 2 aliphatic rings. The van der Waals surface area contributed by atoms with Gasteiger partial charge in [-0.05, 0) is 60.7 Å². The summed E-state index contributed by atoms with van der Waals surface area (Å²) in [5, 5.41) is 0.795. The maximum Gasteiger partial charge on any atom is 0.253 e. The second-order valence-electron chi connectivity index (χ2n) is 10.9. The van der Waals surface area contributed by atoms with Crippen LogP contribution in [0.4, 0.5) is 0 Å². The second-order valence-corrected chi connectivity index (χ2v) is 12.9. The van der Waals surface area contributed by atoms with Crippen LogP contribution < -0.4 is 0 Å². The van der Waals surface area contributed by atoms with E-state index < -0.39 is 9.84 Å². The molecule has 3 aromatic carbocycles. The highest BCUT2D eigenvalue weighted by Crippen LogP contribution is 2.48. The van der Waals surface area contributed by atoms with Crippen LogP contribution in [0.2, 0.25) is 0 Å². The molecule has 2 fully saturated rings. The van der Waals surface area contributed by atoms with E-state index >= 15 is 0 Å². The Kier molecular flexibility index (Phi) is 6.73. The largest absolute Gasteiger partial charge is 0.336 e. The second kappa shape index (κ2) is 10.2. The number of hydrogen-bond acceptors (Lipinski definition) is 5. The van der Waals surface area contributed by atoms with Gasteiger partial charge in [0.25, 0.3) is 5.91 Å². The van der Waals surface area contributed by atoms with Crippen LogP contribution in [0.5, 0.6) is 0 Å². The van der Waals surface area contributed by atoms with Crippen LogP contribution in [0.15, 0.2) is 90.0 Å². The van der Waals surface area contributed by atoms with Gasteiger partial charge < -0.3 is 4.90 Å². The summed E-state index contributed by atoms with van der Waals surface area (Å²) in [6.07, 6.45) is 4.07. The molecule has 1 aliphatic carbocycles. The average Bonchev–Trinajstić information content (AvgIpc) is 3.75. The lowest BCUT2D eigenvalue weighted by Crippen LogP contribution is -2.50. The van der Waals surface area contributed by atoms with Gasteiger partial charge in [-0.15, -0.1) is 0 Å². The van der Waals surface area contributed by atoms with Crippen molar-refractivity contribution < 1.29 is 13.2 Å². The Balaban J connectivity index is 1.10. The van der Waals surface area contributed by atoms with Crippen LogP contribution in [-0.2, 0) is 21.0 Å². The third kappa shape index (κ3) is 5.21. The highest BCUT2D eigenvalue weighted by Gasteiger charge is 2.45. The molecule has 1 saturated carbocycles. The van der Waals surface area contributed by atoms with Crippen molar-refractivity contribution in [3.63, 3.8) is 0 Å². The number of benzene rings is 3. The van der Waals surface area contributed by atoms with Gasteiger partial charge in [0.1, 0.15) is 0 Å². The standard InChI is InChI=1S/C32H33N3O3S/c1-24-21-26(12-13-27(24)22-39(37,38)29-11-5-7-25-8-6-16-33-30(25)29)31(36)35-19-17-34(18-20-35)23-32(14-15-32)28-9-3-2-4-10-28/h2-13,16,21H,14-15,17-20,22-23H2,1H3. The maximum absolute atomic E-state index is 13.3. The Morgan fingerprint density at radius 3 is 2.36 bits per heavy atom. The van der Waals surface area contributed by atoms with Gasteiger partial charge in [-0.3, -0.25) is 14.7 Å². The minimum Gasteiger partial charge on any atom is -0.336 e. The van der Waals surface area contributed by atoms with Crippen molar-refractivity contribution in [1.29, 1.82) is 0 Å². The van der Waals surface area contributed by atoms with Crippen molar-refractivity contribution in [3.05, 3.63) is 107 Å². The van der Waals surface area contributed by atoms with E-state index in [0.29, 0.717) is 29.7 Å². The molecule has 0 radical (unpaired) electrons. The first-order valence-electron chi connectivity index (χ1n) is 13.6. The molecule has 6 nitrogen and oxygen atoms in total. The number of amides is 1. The fraction of sp³-hybridized carbons (Fsp3) is 0.312. The molecule has 1 saturated heterocycles. The number of pyridine rings is 1. The lowest BCUT2D eigenvalue weighted by atomic mass is 9.95. The third-order valence-electron chi connectivity index (χ3n) is 8.29. The zero-order chi connectivity index (χ0) is 27.0. The Morgan fingerprint density at radius 1 is 0.897 bits per heavy atom. The first kappa shape index (κ1) is 25.7. The predicted molar refractivity (Wildman–Crippen MR) is 154 cm³/mol. The Hall–Kier alpha value is -3.55. The van der Waals surface area contributed by atoms with Gasteiger partial charge in [0.2, 0.25) is 0 Å². The molecule has 2 heterocycles. The fourth-order valence-corrected chi connectivity index (χ4v) is 7.44. The van der Waals surface area contributed by atoms with Gasteiger partial charge in [-0.1, -0.05) is 54.6 Å². The van der Waals surface area contributed by atoms with Crippen LogP contribution in [-0.4, -0.2) is 61.8 Å². The number of nitrogens with zero attached hydrogens (tertiary/aromatic N) is 3. The molecular formula is C32H33N3O3S. The van der Waals surface area contributed by atoms with Crippen LogP contribution in [0, 0.1) is 6.92 Å². The van der Waals surface area contributed by atoms with E-state index in [9.17, 15) is 13.2 Å². The summed E-state index contributed by atoms with van der Waals surface area (Å²) in [6.45, 7) is 6.07. The third-order valence-corrected chi connectivity index (χ3v) is 9.98. The molecule has 0 atom stereocenters. The van der Waals surface area contributed by atoms with Crippen molar-refractivity contribution in [3.8, 4) is 0 Å². The highest BCUT2D eigenvalue weighted by molar-refractivity contribution is 7.90. The maximum atomic E-state index is 13.3. The zero-order valence-electron chi connectivity index (χ0n) is 22.2. The Bertz CT molecular complexity index is 1620. The summed E-state index contributed by atoms with van der Waals surface area (Å²) >= 11 is 0. The molecule has 0 bridgehead atoms. The van der Waals surface area contributed by atoms with Crippen molar-refractivity contribution in [1.82, 2.24) is 14.8 Å². The molecule has 0 spiro atoms. The van der Waals surface area contributed by atoms with Gasteiger partial charge in [0.05, 0.1) is 16.2 Å². The number of sulfone groups is 1. The van der Waals surface area contributed by atoms with E-state index in [1.54, 1.807) is 36.5 Å². The van der Waals surface area contributed by atoms with Crippen molar-refractivity contribution in [2.75, 3.05) is 32.7 Å². The quantitative estimate of drug-likeness (QED) is 0.330. The van der Waals surface area contributed by atoms with Crippen molar-refractivity contribution >= 4 is 26.6 Å². The summed E-state index contributed by atoms with van der Waals surface area (Å²) in [5.41, 5.74) is 4.30. The summed E-state index contributed by atoms with van der Waals surface area (Å²) in [4.78, 5) is 22.3. The van der Waals surface area contributed by atoms with E-state index in [-0.39, 0.29) is 22.0 Å². The van der Waals surface area contributed by atoms with E-state index in [2.05, 4.69) is 40.2 Å². The van der Waals surface area contributed by atoms with Gasteiger partial charge >= 0.3 is 0 Å². The molecule has 6 rings (SSSR count). The molecule has 1 aliphatic heterocycles. The molecule has 7 heteroatoms. The normalized spacial score (nSPS) is 17.3. The predicted octanol–water partition coefficient (Wildman–Crippen LogP) is 5.01. The minimum absolute atomic E-state index is 0.00889. The smallest absolute Gasteiger partial charge is 0.253 e. The number of fused-ring (bicyclic) bond motifs is 1. The van der Waals surface area contributed by atoms with Gasteiger partial charge in [-0.25, -0.2) is 8.42 Å². The number of carbonyl (C=O) groups is 1. The van der Waals surface area contributed by atoms with E-state index in [1.165, 1.54) is 18.4 Å². The van der Waals surface area contributed by atoms with Crippen LogP contribution in [0.3, 0.4) is 0 Å². The number of aryl methyl sites for hydroxylation is 1. The molecule has 200 valence electrons. The number of aromatic nitrogens is 1. The van der Waals surface area contributed by atoms with Crippen LogP contribution in [0.25, 0.3) is 10.9 Å². The van der Waals surface area contributed by atoms with E-state index in [0.717, 1.165) is 30.6 Å². The number of piperazine rings is 1. The fourth-order valence-electron chi connectivity index (χ4n) is 5.80. The van der Waals surface area contributed by atoms with Gasteiger partial charge in [-0.2, -0.15) is 0 Å². The zero-order valence-corrected chi connectivity index (χ0v) is 23.0. The summed E-state index contributed by atoms with van der Waals surface area (Å²) in [5.74, 6) is -0.125. The van der Waals surface area contributed by atoms with Crippen molar-refractivity contribution in [2.24, 2.45) is 0 Å². The van der Waals surface area contributed by atoms with Gasteiger partial charge in [0, 0.05) is 55.3 Å².